The predicted molar refractivity (Wildman–Crippen MR) is 112 cm³/mol. The highest BCUT2D eigenvalue weighted by Crippen LogP contribution is 2.34. The normalized spacial score (nSPS) is 12.4. The number of halogens is 1. The van der Waals surface area contributed by atoms with Crippen molar-refractivity contribution < 1.29 is 9.90 Å². The molecule has 0 saturated heterocycles. The summed E-state index contributed by atoms with van der Waals surface area (Å²) in [6.45, 7) is 2.17. The van der Waals surface area contributed by atoms with Crippen LogP contribution in [0.4, 0.5) is 0 Å². The van der Waals surface area contributed by atoms with Crippen LogP contribution < -0.4 is 5.32 Å². The number of fused-ring (bicyclic) bond motifs is 3. The molecule has 1 aliphatic rings. The first-order valence-corrected chi connectivity index (χ1v) is 10.2. The molecule has 2 N–H and O–H groups in total. The Morgan fingerprint density at radius 1 is 1.21 bits per heavy atom. The molecule has 29 heavy (non-hydrogen) atoms. The SMILES string of the molecule is O=C(O)c1c2c(nn1CCCNCCc1ccccc1Cl)-c1ccncc1CC2. The number of aryl methyl sites for hydroxylation is 2. The zero-order valence-corrected chi connectivity index (χ0v) is 16.8. The molecule has 2 aromatic heterocycles. The van der Waals surface area contributed by atoms with Crippen LogP contribution in [-0.2, 0) is 25.8 Å². The van der Waals surface area contributed by atoms with Gasteiger partial charge >= 0.3 is 5.97 Å². The molecule has 0 fully saturated rings. The first kappa shape index (κ1) is 19.6. The van der Waals surface area contributed by atoms with E-state index in [9.17, 15) is 9.90 Å². The van der Waals surface area contributed by atoms with Gasteiger partial charge in [-0.1, -0.05) is 29.8 Å². The summed E-state index contributed by atoms with van der Waals surface area (Å²) >= 11 is 6.18. The lowest BCUT2D eigenvalue weighted by Crippen LogP contribution is -2.21. The molecule has 1 aliphatic carbocycles. The first-order valence-electron chi connectivity index (χ1n) is 9.85. The van der Waals surface area contributed by atoms with Gasteiger partial charge in [0.1, 0.15) is 5.69 Å². The molecule has 3 aromatic rings. The van der Waals surface area contributed by atoms with Crippen molar-refractivity contribution >= 4 is 17.6 Å². The van der Waals surface area contributed by atoms with Gasteiger partial charge in [0.25, 0.3) is 0 Å². The topological polar surface area (TPSA) is 80.0 Å². The van der Waals surface area contributed by atoms with Gasteiger partial charge in [-0.2, -0.15) is 5.10 Å². The number of hydrogen-bond acceptors (Lipinski definition) is 4. The fourth-order valence-corrected chi connectivity index (χ4v) is 4.10. The number of pyridine rings is 1. The number of nitrogens with zero attached hydrogens (tertiary/aromatic N) is 3. The fraction of sp³-hybridized carbons (Fsp3) is 0.318. The Kier molecular flexibility index (Phi) is 5.92. The molecule has 0 atom stereocenters. The summed E-state index contributed by atoms with van der Waals surface area (Å²) < 4.78 is 1.65. The van der Waals surface area contributed by atoms with Crippen molar-refractivity contribution in [3.8, 4) is 11.3 Å². The number of aromatic nitrogens is 3. The molecule has 0 saturated carbocycles. The first-order chi connectivity index (χ1) is 14.1. The van der Waals surface area contributed by atoms with Crippen LogP contribution in [0, 0.1) is 0 Å². The molecule has 150 valence electrons. The molecule has 0 bridgehead atoms. The minimum Gasteiger partial charge on any atom is -0.477 e. The molecule has 7 heteroatoms. The maximum Gasteiger partial charge on any atom is 0.354 e. The molecule has 0 amide bonds. The molecule has 0 radical (unpaired) electrons. The standard InChI is InChI=1S/C22H23ClN4O2/c23-19-5-2-1-4-15(19)8-11-24-10-3-13-27-21(22(28)29)18-7-6-16-14-25-12-9-17(16)20(18)26-27/h1-2,4-5,9,12,14,24H,3,6-8,10-11,13H2,(H,28,29). The molecular weight excluding hydrogens is 388 g/mol. The Bertz CT molecular complexity index is 1030. The molecule has 6 nitrogen and oxygen atoms in total. The van der Waals surface area contributed by atoms with E-state index in [0.29, 0.717) is 18.7 Å². The van der Waals surface area contributed by atoms with Gasteiger partial charge in [0.2, 0.25) is 0 Å². The van der Waals surface area contributed by atoms with Gasteiger partial charge < -0.3 is 10.4 Å². The maximum atomic E-state index is 11.9. The lowest BCUT2D eigenvalue weighted by atomic mass is 9.90. The second-order valence-corrected chi connectivity index (χ2v) is 7.59. The molecule has 2 heterocycles. The molecule has 0 spiro atoms. The average Bonchev–Trinajstić information content (AvgIpc) is 3.11. The van der Waals surface area contributed by atoms with Crippen molar-refractivity contribution in [3.63, 3.8) is 0 Å². The van der Waals surface area contributed by atoms with Gasteiger partial charge in [0.05, 0.1) is 5.69 Å². The summed E-state index contributed by atoms with van der Waals surface area (Å²) in [6.07, 6.45) is 6.72. The Morgan fingerprint density at radius 2 is 2.07 bits per heavy atom. The van der Waals surface area contributed by atoms with Crippen LogP contribution in [0.3, 0.4) is 0 Å². The summed E-state index contributed by atoms with van der Waals surface area (Å²) in [7, 11) is 0. The smallest absolute Gasteiger partial charge is 0.354 e. The van der Waals surface area contributed by atoms with Crippen molar-refractivity contribution in [1.29, 1.82) is 0 Å². The van der Waals surface area contributed by atoms with Gasteiger partial charge in [0, 0.05) is 35.1 Å². The van der Waals surface area contributed by atoms with Crippen LogP contribution in [0.2, 0.25) is 5.02 Å². The Morgan fingerprint density at radius 3 is 2.90 bits per heavy atom. The Hall–Kier alpha value is -2.70. The van der Waals surface area contributed by atoms with Crippen molar-refractivity contribution in [2.75, 3.05) is 13.1 Å². The number of rotatable bonds is 8. The number of hydrogen-bond donors (Lipinski definition) is 2. The van der Waals surface area contributed by atoms with E-state index in [1.165, 1.54) is 0 Å². The van der Waals surface area contributed by atoms with Gasteiger partial charge in [-0.15, -0.1) is 0 Å². The lowest BCUT2D eigenvalue weighted by Gasteiger charge is -2.14. The lowest BCUT2D eigenvalue weighted by molar-refractivity contribution is 0.0681. The van der Waals surface area contributed by atoms with Crippen molar-refractivity contribution in [2.45, 2.75) is 32.2 Å². The van der Waals surface area contributed by atoms with Gasteiger partial charge in [-0.05, 0) is 62.0 Å². The number of nitrogens with one attached hydrogen (secondary N) is 1. The van der Waals surface area contributed by atoms with Crippen LogP contribution >= 0.6 is 11.6 Å². The Balaban J connectivity index is 1.38. The molecular formula is C22H23ClN4O2. The molecule has 4 rings (SSSR count). The van der Waals surface area contributed by atoms with Gasteiger partial charge in [-0.25, -0.2) is 4.79 Å². The number of carbonyl (C=O) groups is 1. The van der Waals surface area contributed by atoms with E-state index in [1.807, 2.05) is 36.5 Å². The zero-order valence-electron chi connectivity index (χ0n) is 16.1. The van der Waals surface area contributed by atoms with E-state index < -0.39 is 5.97 Å². The summed E-state index contributed by atoms with van der Waals surface area (Å²) in [5.41, 5.74) is 5.20. The number of carboxylic acids is 1. The van der Waals surface area contributed by atoms with Crippen LogP contribution in [0.15, 0.2) is 42.7 Å². The van der Waals surface area contributed by atoms with Crippen LogP contribution in [0.5, 0.6) is 0 Å². The third-order valence-electron chi connectivity index (χ3n) is 5.31. The highest BCUT2D eigenvalue weighted by molar-refractivity contribution is 6.31. The summed E-state index contributed by atoms with van der Waals surface area (Å²) in [5, 5.41) is 18.6. The molecule has 1 aromatic carbocycles. The van der Waals surface area contributed by atoms with E-state index in [-0.39, 0.29) is 0 Å². The van der Waals surface area contributed by atoms with E-state index in [2.05, 4.69) is 15.4 Å². The summed E-state index contributed by atoms with van der Waals surface area (Å²) in [5.74, 6) is -0.914. The number of carboxylic acid groups (broad SMARTS) is 1. The fourth-order valence-electron chi connectivity index (χ4n) is 3.87. The van der Waals surface area contributed by atoms with Crippen molar-refractivity contribution in [2.24, 2.45) is 0 Å². The van der Waals surface area contributed by atoms with E-state index in [4.69, 9.17) is 11.6 Å². The van der Waals surface area contributed by atoms with Crippen molar-refractivity contribution in [3.05, 3.63) is 70.1 Å². The maximum absolute atomic E-state index is 11.9. The van der Waals surface area contributed by atoms with E-state index in [1.54, 1.807) is 10.9 Å². The van der Waals surface area contributed by atoms with Crippen LogP contribution in [0.25, 0.3) is 11.3 Å². The average molecular weight is 411 g/mol. The van der Waals surface area contributed by atoms with E-state index in [0.717, 1.165) is 65.3 Å². The summed E-state index contributed by atoms with van der Waals surface area (Å²) in [4.78, 5) is 16.1. The number of benzene rings is 1. The third-order valence-corrected chi connectivity index (χ3v) is 5.68. The third kappa shape index (κ3) is 4.18. The molecule has 0 unspecified atom stereocenters. The minimum absolute atomic E-state index is 0.318. The summed E-state index contributed by atoms with van der Waals surface area (Å²) in [6, 6.07) is 9.77. The number of aromatic carboxylic acids is 1. The Labute approximate surface area is 174 Å². The second kappa shape index (κ2) is 8.76. The second-order valence-electron chi connectivity index (χ2n) is 7.18. The quantitative estimate of drug-likeness (QED) is 0.554. The largest absolute Gasteiger partial charge is 0.477 e. The van der Waals surface area contributed by atoms with E-state index >= 15 is 0 Å². The highest BCUT2D eigenvalue weighted by atomic mass is 35.5. The minimum atomic E-state index is -0.914. The highest BCUT2D eigenvalue weighted by Gasteiger charge is 2.27. The van der Waals surface area contributed by atoms with Crippen LogP contribution in [-0.4, -0.2) is 38.9 Å². The van der Waals surface area contributed by atoms with Crippen LogP contribution in [0.1, 0.15) is 33.6 Å². The predicted octanol–water partition coefficient (Wildman–Crippen LogP) is 3.62. The molecule has 0 aliphatic heterocycles. The van der Waals surface area contributed by atoms with Gasteiger partial charge in [0.15, 0.2) is 0 Å². The van der Waals surface area contributed by atoms with Gasteiger partial charge in [-0.3, -0.25) is 9.67 Å². The van der Waals surface area contributed by atoms with Crippen molar-refractivity contribution in [1.82, 2.24) is 20.1 Å². The monoisotopic (exact) mass is 410 g/mol. The zero-order chi connectivity index (χ0) is 20.2.